The molecule has 1 aliphatic rings. The summed E-state index contributed by atoms with van der Waals surface area (Å²) in [4.78, 5) is 26.2. The van der Waals surface area contributed by atoms with Crippen molar-refractivity contribution in [2.75, 3.05) is 31.6 Å². The highest BCUT2D eigenvalue weighted by Crippen LogP contribution is 2.18. The molecule has 1 aromatic carbocycles. The van der Waals surface area contributed by atoms with Gasteiger partial charge in [0.05, 0.1) is 5.92 Å². The van der Waals surface area contributed by atoms with Crippen molar-refractivity contribution < 1.29 is 9.59 Å². The minimum Gasteiger partial charge on any atom is -0.356 e. The Morgan fingerprint density at radius 3 is 2.83 bits per heavy atom. The Labute approximate surface area is 149 Å². The number of carbonyl (C=O) groups excluding carboxylic acids is 2. The molecule has 0 aliphatic carbocycles. The van der Waals surface area contributed by atoms with E-state index >= 15 is 0 Å². The third-order valence-corrected chi connectivity index (χ3v) is 5.13. The fourth-order valence-electron chi connectivity index (χ4n) is 3.04. The van der Waals surface area contributed by atoms with Crippen LogP contribution in [0.2, 0.25) is 0 Å². The molecule has 1 aromatic rings. The van der Waals surface area contributed by atoms with E-state index in [1.807, 2.05) is 23.1 Å². The average molecular weight is 349 g/mol. The van der Waals surface area contributed by atoms with Crippen molar-refractivity contribution in [2.24, 2.45) is 5.92 Å². The molecule has 0 saturated carbocycles. The minimum atomic E-state index is -0.0475. The lowest BCUT2D eigenvalue weighted by Crippen LogP contribution is -2.46. The highest BCUT2D eigenvalue weighted by molar-refractivity contribution is 7.98. The fourth-order valence-corrected chi connectivity index (χ4v) is 3.47. The van der Waals surface area contributed by atoms with Crippen LogP contribution in [-0.2, 0) is 16.0 Å². The molecular formula is C19H28N2O2S. The fraction of sp³-hybridized carbons (Fsp3) is 0.579. The second-order valence-electron chi connectivity index (χ2n) is 6.30. The van der Waals surface area contributed by atoms with Crippen molar-refractivity contribution >= 4 is 23.6 Å². The second-order valence-corrected chi connectivity index (χ2v) is 7.29. The van der Waals surface area contributed by atoms with Gasteiger partial charge >= 0.3 is 0 Å². The lowest BCUT2D eigenvalue weighted by Gasteiger charge is -2.32. The monoisotopic (exact) mass is 348 g/mol. The molecule has 0 bridgehead atoms. The predicted octanol–water partition coefficient (Wildman–Crippen LogP) is 2.73. The van der Waals surface area contributed by atoms with Gasteiger partial charge in [-0.1, -0.05) is 30.3 Å². The van der Waals surface area contributed by atoms with Gasteiger partial charge in [-0.05, 0) is 43.3 Å². The molecule has 1 fully saturated rings. The van der Waals surface area contributed by atoms with Crippen LogP contribution in [0.1, 0.15) is 31.2 Å². The minimum absolute atomic E-state index is 0.0475. The van der Waals surface area contributed by atoms with Gasteiger partial charge in [0.15, 0.2) is 0 Å². The van der Waals surface area contributed by atoms with Crippen molar-refractivity contribution in [1.82, 2.24) is 10.2 Å². The van der Waals surface area contributed by atoms with Crippen LogP contribution in [0.15, 0.2) is 30.3 Å². The number of carbonyl (C=O) groups is 2. The number of likely N-dealkylation sites (tertiary alicyclic amines) is 1. The van der Waals surface area contributed by atoms with Gasteiger partial charge in [-0.3, -0.25) is 9.59 Å². The smallest absolute Gasteiger partial charge is 0.224 e. The van der Waals surface area contributed by atoms with Crippen LogP contribution < -0.4 is 5.32 Å². The molecule has 4 nitrogen and oxygen atoms in total. The Kier molecular flexibility index (Phi) is 8.16. The Bertz CT molecular complexity index is 521. The van der Waals surface area contributed by atoms with Gasteiger partial charge < -0.3 is 10.2 Å². The summed E-state index contributed by atoms with van der Waals surface area (Å²) in [5.41, 5.74) is 1.30. The topological polar surface area (TPSA) is 49.4 Å². The molecular weight excluding hydrogens is 320 g/mol. The third kappa shape index (κ3) is 6.19. The number of benzene rings is 1. The summed E-state index contributed by atoms with van der Waals surface area (Å²) in [6.07, 6.45) is 6.16. The van der Waals surface area contributed by atoms with Crippen LogP contribution in [0, 0.1) is 5.92 Å². The molecule has 0 radical (unpaired) electrons. The van der Waals surface area contributed by atoms with E-state index in [0.29, 0.717) is 19.4 Å². The maximum Gasteiger partial charge on any atom is 0.224 e. The Morgan fingerprint density at radius 2 is 2.08 bits per heavy atom. The van der Waals surface area contributed by atoms with Gasteiger partial charge in [-0.15, -0.1) is 0 Å². The molecule has 1 aliphatic heterocycles. The van der Waals surface area contributed by atoms with Crippen LogP contribution >= 0.6 is 11.8 Å². The molecule has 2 amide bonds. The number of hydrogen-bond donors (Lipinski definition) is 1. The molecule has 0 unspecified atom stereocenters. The Hall–Kier alpha value is -1.49. The number of aryl methyl sites for hydroxylation is 1. The van der Waals surface area contributed by atoms with Crippen molar-refractivity contribution in [3.63, 3.8) is 0 Å². The Balaban J connectivity index is 1.73. The van der Waals surface area contributed by atoms with E-state index in [4.69, 9.17) is 0 Å². The van der Waals surface area contributed by atoms with E-state index in [2.05, 4.69) is 23.7 Å². The first-order chi connectivity index (χ1) is 11.7. The third-order valence-electron chi connectivity index (χ3n) is 4.43. The number of rotatable bonds is 9. The van der Waals surface area contributed by atoms with Crippen LogP contribution in [0.3, 0.4) is 0 Å². The summed E-state index contributed by atoms with van der Waals surface area (Å²) < 4.78 is 0. The largest absolute Gasteiger partial charge is 0.356 e. The van der Waals surface area contributed by atoms with E-state index in [1.165, 1.54) is 5.56 Å². The van der Waals surface area contributed by atoms with Crippen molar-refractivity contribution in [1.29, 1.82) is 0 Å². The highest BCUT2D eigenvalue weighted by Gasteiger charge is 2.29. The molecule has 1 atom stereocenters. The summed E-state index contributed by atoms with van der Waals surface area (Å²) in [5.74, 6) is 1.31. The number of thioether (sulfide) groups is 1. The summed E-state index contributed by atoms with van der Waals surface area (Å²) in [6.45, 7) is 2.05. The summed E-state index contributed by atoms with van der Waals surface area (Å²) >= 11 is 1.79. The normalized spacial score (nSPS) is 17.8. The number of piperidine rings is 1. The van der Waals surface area contributed by atoms with Crippen LogP contribution in [-0.4, -0.2) is 48.4 Å². The van der Waals surface area contributed by atoms with Gasteiger partial charge in [0.25, 0.3) is 0 Å². The molecule has 0 spiro atoms. The van der Waals surface area contributed by atoms with Gasteiger partial charge in [0.1, 0.15) is 0 Å². The molecule has 1 saturated heterocycles. The standard InChI is InChI=1S/C19H28N2O2S/c1-24-14-6-12-20-19(23)17-10-11-18(22)21(15-17)13-5-9-16-7-3-2-4-8-16/h2-4,7-8,17H,5-6,9-15H2,1H3,(H,20,23)/t17-/m0/s1. The quantitative estimate of drug-likeness (QED) is 0.698. The van der Waals surface area contributed by atoms with Gasteiger partial charge in [-0.25, -0.2) is 0 Å². The first-order valence-corrected chi connectivity index (χ1v) is 10.2. The number of hydrogen-bond acceptors (Lipinski definition) is 3. The number of nitrogens with zero attached hydrogens (tertiary/aromatic N) is 1. The van der Waals surface area contributed by atoms with E-state index in [0.717, 1.165) is 38.1 Å². The summed E-state index contributed by atoms with van der Waals surface area (Å²) in [5, 5.41) is 3.01. The van der Waals surface area contributed by atoms with E-state index in [1.54, 1.807) is 11.8 Å². The lowest BCUT2D eigenvalue weighted by atomic mass is 9.96. The van der Waals surface area contributed by atoms with Crippen LogP contribution in [0.5, 0.6) is 0 Å². The van der Waals surface area contributed by atoms with Crippen molar-refractivity contribution in [2.45, 2.75) is 32.1 Å². The molecule has 5 heteroatoms. The van der Waals surface area contributed by atoms with Gasteiger partial charge in [0, 0.05) is 26.1 Å². The maximum absolute atomic E-state index is 12.3. The van der Waals surface area contributed by atoms with Crippen molar-refractivity contribution in [3.8, 4) is 0 Å². The zero-order valence-electron chi connectivity index (χ0n) is 14.5. The SMILES string of the molecule is CSCCCNC(=O)[C@H]1CCC(=O)N(CCCc2ccccc2)C1. The van der Waals surface area contributed by atoms with Gasteiger partial charge in [0.2, 0.25) is 11.8 Å². The second kappa shape index (κ2) is 10.4. The molecule has 132 valence electrons. The zero-order chi connectivity index (χ0) is 17.2. The van der Waals surface area contributed by atoms with Crippen LogP contribution in [0.4, 0.5) is 0 Å². The predicted molar refractivity (Wildman–Crippen MR) is 100 cm³/mol. The summed E-state index contributed by atoms with van der Waals surface area (Å²) in [6, 6.07) is 10.3. The number of amides is 2. The maximum atomic E-state index is 12.3. The lowest BCUT2D eigenvalue weighted by molar-refractivity contribution is -0.138. The van der Waals surface area contributed by atoms with E-state index in [9.17, 15) is 9.59 Å². The van der Waals surface area contributed by atoms with E-state index < -0.39 is 0 Å². The average Bonchev–Trinajstić information content (AvgIpc) is 2.61. The molecule has 1 N–H and O–H groups in total. The van der Waals surface area contributed by atoms with Gasteiger partial charge in [-0.2, -0.15) is 11.8 Å². The van der Waals surface area contributed by atoms with E-state index in [-0.39, 0.29) is 17.7 Å². The number of nitrogens with one attached hydrogen (secondary N) is 1. The zero-order valence-corrected chi connectivity index (χ0v) is 15.3. The highest BCUT2D eigenvalue weighted by atomic mass is 32.2. The first kappa shape index (κ1) is 18.8. The van der Waals surface area contributed by atoms with Crippen LogP contribution in [0.25, 0.3) is 0 Å². The Morgan fingerprint density at radius 1 is 1.29 bits per heavy atom. The molecule has 1 heterocycles. The molecule has 24 heavy (non-hydrogen) atoms. The summed E-state index contributed by atoms with van der Waals surface area (Å²) in [7, 11) is 0. The van der Waals surface area contributed by atoms with Crippen molar-refractivity contribution in [3.05, 3.63) is 35.9 Å². The molecule has 2 rings (SSSR count). The first-order valence-electron chi connectivity index (χ1n) is 8.79. The molecule has 0 aromatic heterocycles.